The molecule has 11 heteroatoms. The molecule has 0 spiro atoms. The van der Waals surface area contributed by atoms with E-state index in [0.29, 0.717) is 15.6 Å². The van der Waals surface area contributed by atoms with Gasteiger partial charge in [-0.05, 0) is 12.1 Å². The van der Waals surface area contributed by atoms with Crippen LogP contribution in [0.2, 0.25) is 10.0 Å². The highest BCUT2D eigenvalue weighted by Gasteiger charge is 2.15. The van der Waals surface area contributed by atoms with E-state index in [9.17, 15) is 14.4 Å². The Bertz CT molecular complexity index is 1170. The van der Waals surface area contributed by atoms with Gasteiger partial charge in [-0.15, -0.1) is 0 Å². The molecule has 0 aliphatic carbocycles. The summed E-state index contributed by atoms with van der Waals surface area (Å²) in [5.41, 5.74) is 2.11. The van der Waals surface area contributed by atoms with Gasteiger partial charge in [-0.25, -0.2) is 15.2 Å². The van der Waals surface area contributed by atoms with Gasteiger partial charge in [0.1, 0.15) is 6.54 Å². The minimum atomic E-state index is -0.537. The third-order valence-corrected chi connectivity index (χ3v) is 4.57. The van der Waals surface area contributed by atoms with E-state index in [-0.39, 0.29) is 17.7 Å². The van der Waals surface area contributed by atoms with Crippen LogP contribution < -0.4 is 16.7 Å². The van der Waals surface area contributed by atoms with E-state index in [4.69, 9.17) is 23.2 Å². The molecule has 0 aliphatic rings. The Balaban J connectivity index is 1.82. The fraction of sp³-hybridized carbons (Fsp3) is 0.188. The van der Waals surface area contributed by atoms with Gasteiger partial charge in [0.25, 0.3) is 11.5 Å². The number of rotatable bonds is 4. The van der Waals surface area contributed by atoms with Crippen LogP contribution in [0.1, 0.15) is 5.56 Å². The molecule has 0 unspecified atom stereocenters. The Morgan fingerprint density at radius 1 is 1.22 bits per heavy atom. The second-order valence-electron chi connectivity index (χ2n) is 5.68. The Labute approximate surface area is 162 Å². The second-order valence-corrected chi connectivity index (χ2v) is 6.49. The number of amides is 1. The smallest absolute Gasteiger partial charge is 0.315 e. The van der Waals surface area contributed by atoms with E-state index in [1.807, 2.05) is 0 Å². The first-order chi connectivity index (χ1) is 12.8. The molecule has 0 fully saturated rings. The van der Waals surface area contributed by atoms with Crippen molar-refractivity contribution < 1.29 is 4.79 Å². The highest BCUT2D eigenvalue weighted by molar-refractivity contribution is 6.38. The zero-order valence-electron chi connectivity index (χ0n) is 14.3. The summed E-state index contributed by atoms with van der Waals surface area (Å²) in [6.07, 6.45) is 2.65. The number of hydrogen-bond acceptors (Lipinski definition) is 5. The van der Waals surface area contributed by atoms with Gasteiger partial charge in [0, 0.05) is 19.7 Å². The van der Waals surface area contributed by atoms with Gasteiger partial charge in [0.2, 0.25) is 0 Å². The van der Waals surface area contributed by atoms with Crippen LogP contribution >= 0.6 is 23.2 Å². The summed E-state index contributed by atoms with van der Waals surface area (Å²) in [5.74, 6) is -0.496. The third-order valence-electron chi connectivity index (χ3n) is 3.91. The average Bonchev–Trinajstić information content (AvgIpc) is 3.04. The van der Waals surface area contributed by atoms with Crippen LogP contribution in [-0.2, 0) is 25.4 Å². The number of nitrogens with zero attached hydrogens (tertiary/aromatic N) is 5. The SMILES string of the molecule is Cn1c(=O)c2c(ncn2CC(=O)NN=Cc2c(Cl)cccc2Cl)n(C)c1=O. The van der Waals surface area contributed by atoms with Crippen molar-refractivity contribution in [2.45, 2.75) is 6.54 Å². The highest BCUT2D eigenvalue weighted by atomic mass is 35.5. The molecule has 2 heterocycles. The maximum atomic E-state index is 12.3. The minimum absolute atomic E-state index is 0.146. The predicted molar refractivity (Wildman–Crippen MR) is 102 cm³/mol. The lowest BCUT2D eigenvalue weighted by Crippen LogP contribution is -2.38. The quantitative estimate of drug-likeness (QED) is 0.511. The number of carbonyl (C=O) groups excluding carboxylic acids is 1. The molecule has 0 saturated heterocycles. The number of nitrogens with one attached hydrogen (secondary N) is 1. The number of aryl methyl sites for hydroxylation is 1. The number of imidazole rings is 1. The maximum absolute atomic E-state index is 12.3. The predicted octanol–water partition coefficient (Wildman–Crippen LogP) is 0.891. The Morgan fingerprint density at radius 2 is 1.89 bits per heavy atom. The molecule has 3 rings (SSSR count). The number of benzene rings is 1. The van der Waals surface area contributed by atoms with Crippen molar-refractivity contribution in [2.75, 3.05) is 0 Å². The van der Waals surface area contributed by atoms with E-state index >= 15 is 0 Å². The number of halogens is 2. The molecule has 1 amide bonds. The average molecular weight is 409 g/mol. The number of hydrogen-bond donors (Lipinski definition) is 1. The Kier molecular flexibility index (Phi) is 5.15. The number of aromatic nitrogens is 4. The molecule has 1 aromatic carbocycles. The largest absolute Gasteiger partial charge is 0.332 e. The molecule has 140 valence electrons. The lowest BCUT2D eigenvalue weighted by Gasteiger charge is -2.06. The first-order valence-corrected chi connectivity index (χ1v) is 8.43. The van der Waals surface area contributed by atoms with Crippen molar-refractivity contribution in [3.63, 3.8) is 0 Å². The van der Waals surface area contributed by atoms with Crippen molar-refractivity contribution in [1.82, 2.24) is 24.1 Å². The molecule has 0 radical (unpaired) electrons. The molecular weight excluding hydrogens is 395 g/mol. The zero-order chi connectivity index (χ0) is 19.7. The molecule has 0 atom stereocenters. The van der Waals surface area contributed by atoms with Crippen LogP contribution in [0.3, 0.4) is 0 Å². The van der Waals surface area contributed by atoms with Gasteiger partial charge in [-0.2, -0.15) is 5.10 Å². The first kappa shape index (κ1) is 18.9. The summed E-state index contributed by atoms with van der Waals surface area (Å²) in [4.78, 5) is 40.4. The van der Waals surface area contributed by atoms with Gasteiger partial charge < -0.3 is 4.57 Å². The third kappa shape index (κ3) is 3.51. The van der Waals surface area contributed by atoms with Crippen molar-refractivity contribution in [3.05, 3.63) is 61.0 Å². The molecule has 0 aliphatic heterocycles. The van der Waals surface area contributed by atoms with Gasteiger partial charge in [-0.1, -0.05) is 29.3 Å². The molecule has 3 aromatic rings. The molecule has 27 heavy (non-hydrogen) atoms. The Hall–Kier alpha value is -2.91. The van der Waals surface area contributed by atoms with Gasteiger partial charge >= 0.3 is 5.69 Å². The highest BCUT2D eigenvalue weighted by Crippen LogP contribution is 2.21. The number of carbonyl (C=O) groups is 1. The fourth-order valence-electron chi connectivity index (χ4n) is 2.51. The summed E-state index contributed by atoms with van der Waals surface area (Å²) < 4.78 is 3.54. The van der Waals surface area contributed by atoms with E-state index in [0.717, 1.165) is 4.57 Å². The fourth-order valence-corrected chi connectivity index (χ4v) is 3.00. The molecule has 9 nitrogen and oxygen atoms in total. The summed E-state index contributed by atoms with van der Waals surface area (Å²) in [6.45, 7) is -0.211. The first-order valence-electron chi connectivity index (χ1n) is 7.68. The second kappa shape index (κ2) is 7.37. The normalized spacial score (nSPS) is 11.4. The molecular formula is C16H14Cl2N6O3. The van der Waals surface area contributed by atoms with E-state index < -0.39 is 17.2 Å². The minimum Gasteiger partial charge on any atom is -0.315 e. The van der Waals surface area contributed by atoms with Crippen molar-refractivity contribution in [3.8, 4) is 0 Å². The summed E-state index contributed by atoms with van der Waals surface area (Å²) in [5, 5.41) is 4.62. The van der Waals surface area contributed by atoms with E-state index in [1.54, 1.807) is 18.2 Å². The number of hydrazone groups is 1. The lowest BCUT2D eigenvalue weighted by atomic mass is 10.2. The van der Waals surface area contributed by atoms with Crippen molar-refractivity contribution >= 4 is 46.5 Å². The van der Waals surface area contributed by atoms with Crippen molar-refractivity contribution in [2.24, 2.45) is 19.2 Å². The molecule has 1 N–H and O–H groups in total. The van der Waals surface area contributed by atoms with Gasteiger partial charge in [0.05, 0.1) is 22.6 Å². The van der Waals surface area contributed by atoms with Crippen LogP contribution in [0.25, 0.3) is 11.2 Å². The van der Waals surface area contributed by atoms with Crippen LogP contribution in [0.15, 0.2) is 39.2 Å². The Morgan fingerprint density at radius 3 is 2.56 bits per heavy atom. The van der Waals surface area contributed by atoms with Gasteiger partial charge in [-0.3, -0.25) is 18.7 Å². The topological polar surface area (TPSA) is 103 Å². The maximum Gasteiger partial charge on any atom is 0.332 e. The van der Waals surface area contributed by atoms with Crippen LogP contribution in [0, 0.1) is 0 Å². The summed E-state index contributed by atoms with van der Waals surface area (Å²) in [6, 6.07) is 4.99. The molecule has 2 aromatic heterocycles. The molecule has 0 bridgehead atoms. The van der Waals surface area contributed by atoms with Crippen LogP contribution in [0.4, 0.5) is 0 Å². The number of fused-ring (bicyclic) bond motifs is 1. The van der Waals surface area contributed by atoms with Gasteiger partial charge in [0.15, 0.2) is 11.2 Å². The lowest BCUT2D eigenvalue weighted by molar-refractivity contribution is -0.121. The van der Waals surface area contributed by atoms with Crippen molar-refractivity contribution in [1.29, 1.82) is 0 Å². The molecule has 0 saturated carbocycles. The standard InChI is InChI=1S/C16H14Cl2N6O3/c1-22-14-13(15(26)23(2)16(22)27)24(8-19-14)7-12(25)21-20-6-9-10(17)4-3-5-11(9)18/h3-6,8H,7H2,1-2H3,(H,21,25). The van der Waals surface area contributed by atoms with Crippen LogP contribution in [-0.4, -0.2) is 30.8 Å². The summed E-state index contributed by atoms with van der Waals surface area (Å²) >= 11 is 12.0. The monoisotopic (exact) mass is 408 g/mol. The van der Waals surface area contributed by atoms with E-state index in [1.165, 1.54) is 35.8 Å². The van der Waals surface area contributed by atoms with Crippen LogP contribution in [0.5, 0.6) is 0 Å². The summed E-state index contributed by atoms with van der Waals surface area (Å²) in [7, 11) is 2.86. The van der Waals surface area contributed by atoms with E-state index in [2.05, 4.69) is 15.5 Å². The zero-order valence-corrected chi connectivity index (χ0v) is 15.8.